The number of carboxylic acid groups (broad SMARTS) is 1. The summed E-state index contributed by atoms with van der Waals surface area (Å²) < 4.78 is 18.6. The first-order chi connectivity index (χ1) is 13.8. The van der Waals surface area contributed by atoms with Crippen molar-refractivity contribution in [1.82, 2.24) is 9.97 Å². The number of hydrogen-bond acceptors (Lipinski definition) is 6. The molecule has 0 aliphatic carbocycles. The number of amides is 1. The molecule has 0 bridgehead atoms. The predicted octanol–water partition coefficient (Wildman–Crippen LogP) is 3.06. The van der Waals surface area contributed by atoms with E-state index in [0.717, 1.165) is 0 Å². The first-order valence-electron chi connectivity index (χ1n) is 8.54. The zero-order chi connectivity index (χ0) is 21.0. The van der Waals surface area contributed by atoms with Crippen molar-refractivity contribution < 1.29 is 23.8 Å². The summed E-state index contributed by atoms with van der Waals surface area (Å²) in [7, 11) is 0. The van der Waals surface area contributed by atoms with Crippen molar-refractivity contribution in [3.05, 3.63) is 66.1 Å². The first kappa shape index (κ1) is 19.7. The predicted molar refractivity (Wildman–Crippen MR) is 103 cm³/mol. The van der Waals surface area contributed by atoms with E-state index in [1.807, 2.05) is 0 Å². The number of aliphatic carboxylic acids is 1. The van der Waals surface area contributed by atoms with Crippen LogP contribution in [0.3, 0.4) is 0 Å². The highest BCUT2D eigenvalue weighted by atomic mass is 19.1. The highest BCUT2D eigenvalue weighted by Crippen LogP contribution is 2.25. The van der Waals surface area contributed by atoms with E-state index in [9.17, 15) is 14.0 Å². The molecule has 1 aromatic heterocycles. The van der Waals surface area contributed by atoms with Gasteiger partial charge in [0.05, 0.1) is 0 Å². The van der Waals surface area contributed by atoms with Crippen LogP contribution in [0.1, 0.15) is 17.4 Å². The molecule has 3 aromatic rings. The number of nitrogens with zero attached hydrogens (tertiary/aromatic N) is 2. The van der Waals surface area contributed by atoms with Crippen molar-refractivity contribution >= 4 is 17.7 Å². The summed E-state index contributed by atoms with van der Waals surface area (Å²) in [5.41, 5.74) is 5.83. The van der Waals surface area contributed by atoms with E-state index in [4.69, 9.17) is 15.6 Å². The lowest BCUT2D eigenvalue weighted by Gasteiger charge is -2.12. The van der Waals surface area contributed by atoms with Gasteiger partial charge in [-0.1, -0.05) is 0 Å². The lowest BCUT2D eigenvalue weighted by Crippen LogP contribution is -2.26. The fourth-order valence-corrected chi connectivity index (χ4v) is 2.37. The third kappa shape index (κ3) is 5.04. The maximum atomic E-state index is 13.0. The number of carboxylic acids is 1. The van der Waals surface area contributed by atoms with Crippen LogP contribution >= 0.6 is 0 Å². The van der Waals surface area contributed by atoms with Gasteiger partial charge in [0.1, 0.15) is 34.9 Å². The van der Waals surface area contributed by atoms with Gasteiger partial charge in [-0.3, -0.25) is 9.59 Å². The normalized spacial score (nSPS) is 11.5. The Hall–Kier alpha value is -4.01. The fraction of sp³-hybridized carbons (Fsp3) is 0.100. The minimum Gasteiger partial charge on any atom is -0.480 e. The molecule has 148 valence electrons. The zero-order valence-corrected chi connectivity index (χ0v) is 15.3. The number of primary amides is 1. The summed E-state index contributed by atoms with van der Waals surface area (Å²) in [4.78, 5) is 31.0. The van der Waals surface area contributed by atoms with Crippen LogP contribution in [0.4, 0.5) is 10.2 Å². The number of rotatable bonds is 7. The van der Waals surface area contributed by atoms with Gasteiger partial charge in [-0.25, -0.2) is 14.4 Å². The molecule has 8 nitrogen and oxygen atoms in total. The van der Waals surface area contributed by atoms with Crippen molar-refractivity contribution in [3.8, 4) is 22.9 Å². The van der Waals surface area contributed by atoms with Gasteiger partial charge in [-0.2, -0.15) is 0 Å². The van der Waals surface area contributed by atoms with E-state index in [-0.39, 0.29) is 23.2 Å². The molecule has 2 aromatic carbocycles. The third-order valence-electron chi connectivity index (χ3n) is 3.88. The van der Waals surface area contributed by atoms with Gasteiger partial charge in [0.2, 0.25) is 0 Å². The Labute approximate surface area is 165 Å². The topological polar surface area (TPSA) is 127 Å². The van der Waals surface area contributed by atoms with Crippen LogP contribution in [0.5, 0.6) is 11.5 Å². The Morgan fingerprint density at radius 2 is 1.66 bits per heavy atom. The van der Waals surface area contributed by atoms with E-state index in [1.165, 1.54) is 37.3 Å². The zero-order valence-electron chi connectivity index (χ0n) is 15.3. The summed E-state index contributed by atoms with van der Waals surface area (Å²) >= 11 is 0. The van der Waals surface area contributed by atoms with Crippen LogP contribution in [-0.4, -0.2) is 33.0 Å². The maximum absolute atomic E-state index is 13.0. The van der Waals surface area contributed by atoms with Gasteiger partial charge in [-0.05, 0) is 55.5 Å². The average Bonchev–Trinajstić information content (AvgIpc) is 2.70. The van der Waals surface area contributed by atoms with Crippen LogP contribution in [0.15, 0.2) is 54.6 Å². The molecule has 0 radical (unpaired) electrons. The number of halogens is 1. The molecule has 0 aliphatic heterocycles. The lowest BCUT2D eigenvalue weighted by atomic mass is 10.2. The van der Waals surface area contributed by atoms with Gasteiger partial charge >= 0.3 is 5.97 Å². The number of hydrogen-bond donors (Lipinski definition) is 3. The third-order valence-corrected chi connectivity index (χ3v) is 3.88. The molecular weight excluding hydrogens is 379 g/mol. The Balaban J connectivity index is 1.86. The minimum atomic E-state index is -1.08. The highest BCUT2D eigenvalue weighted by Gasteiger charge is 2.15. The smallest absolute Gasteiger partial charge is 0.325 e. The van der Waals surface area contributed by atoms with E-state index in [1.54, 1.807) is 24.3 Å². The second-order valence-corrected chi connectivity index (χ2v) is 6.11. The van der Waals surface area contributed by atoms with E-state index in [2.05, 4.69) is 15.3 Å². The Morgan fingerprint density at radius 3 is 2.21 bits per heavy atom. The van der Waals surface area contributed by atoms with E-state index in [0.29, 0.717) is 17.1 Å². The Morgan fingerprint density at radius 1 is 1.07 bits per heavy atom. The number of carbonyl (C=O) groups excluding carboxylic acids is 1. The number of aromatic nitrogens is 2. The van der Waals surface area contributed by atoms with E-state index >= 15 is 0 Å². The number of nitrogens with two attached hydrogens (primary N) is 1. The molecule has 0 aliphatic rings. The van der Waals surface area contributed by atoms with Crippen molar-refractivity contribution in [2.75, 3.05) is 5.32 Å². The average molecular weight is 396 g/mol. The maximum Gasteiger partial charge on any atom is 0.325 e. The number of nitrogens with one attached hydrogen (secondary N) is 1. The molecule has 3 rings (SSSR count). The van der Waals surface area contributed by atoms with Crippen LogP contribution in [0, 0.1) is 5.82 Å². The number of anilines is 1. The molecule has 0 fully saturated rings. The van der Waals surface area contributed by atoms with Gasteiger partial charge < -0.3 is 20.9 Å². The summed E-state index contributed by atoms with van der Waals surface area (Å²) in [6.45, 7) is 1.44. The summed E-state index contributed by atoms with van der Waals surface area (Å²) in [5.74, 6) is -0.880. The molecule has 0 spiro atoms. The van der Waals surface area contributed by atoms with Crippen molar-refractivity contribution in [2.45, 2.75) is 13.0 Å². The van der Waals surface area contributed by atoms with Crippen molar-refractivity contribution in [2.24, 2.45) is 5.73 Å². The number of ether oxygens (including phenoxy) is 1. The molecule has 1 atom stereocenters. The lowest BCUT2D eigenvalue weighted by molar-refractivity contribution is -0.137. The largest absolute Gasteiger partial charge is 0.480 e. The molecule has 0 saturated carbocycles. The first-order valence-corrected chi connectivity index (χ1v) is 8.54. The molecule has 4 N–H and O–H groups in total. The summed E-state index contributed by atoms with van der Waals surface area (Å²) in [5, 5.41) is 11.7. The molecule has 0 saturated heterocycles. The summed E-state index contributed by atoms with van der Waals surface area (Å²) in [6.07, 6.45) is 0. The fourth-order valence-electron chi connectivity index (χ4n) is 2.37. The second-order valence-electron chi connectivity index (χ2n) is 6.11. The summed E-state index contributed by atoms with van der Waals surface area (Å²) in [6, 6.07) is 12.6. The molecule has 9 heteroatoms. The number of benzene rings is 2. The highest BCUT2D eigenvalue weighted by molar-refractivity contribution is 5.92. The molecule has 29 heavy (non-hydrogen) atoms. The van der Waals surface area contributed by atoms with Crippen molar-refractivity contribution in [3.63, 3.8) is 0 Å². The second kappa shape index (κ2) is 8.34. The van der Waals surface area contributed by atoms with Crippen LogP contribution in [-0.2, 0) is 4.79 Å². The standard InChI is InChI=1S/C20H17FN4O4/c1-11(20(27)28)23-17-10-16(18(22)26)24-19(25-17)12-2-6-14(7-3-12)29-15-8-4-13(21)5-9-15/h2-11H,1H3,(H2,22,26)(H,27,28)(H,23,24,25). The Kier molecular flexibility index (Phi) is 5.68. The molecule has 1 heterocycles. The monoisotopic (exact) mass is 396 g/mol. The van der Waals surface area contributed by atoms with Gasteiger partial charge in [0.15, 0.2) is 5.82 Å². The molecular formula is C20H17FN4O4. The van der Waals surface area contributed by atoms with E-state index < -0.39 is 17.9 Å². The SMILES string of the molecule is CC(Nc1cc(C(N)=O)nc(-c2ccc(Oc3ccc(F)cc3)cc2)n1)C(=O)O. The van der Waals surface area contributed by atoms with Gasteiger partial charge in [-0.15, -0.1) is 0 Å². The molecule has 1 unspecified atom stereocenters. The minimum absolute atomic E-state index is 0.0540. The Bertz CT molecular complexity index is 1040. The number of carbonyl (C=O) groups is 2. The quantitative estimate of drug-likeness (QED) is 0.560. The van der Waals surface area contributed by atoms with Crippen LogP contribution < -0.4 is 15.8 Å². The van der Waals surface area contributed by atoms with Crippen LogP contribution in [0.2, 0.25) is 0 Å². The van der Waals surface area contributed by atoms with Crippen LogP contribution in [0.25, 0.3) is 11.4 Å². The van der Waals surface area contributed by atoms with Gasteiger partial charge in [0.25, 0.3) is 5.91 Å². The molecule has 1 amide bonds. The van der Waals surface area contributed by atoms with Crippen molar-refractivity contribution in [1.29, 1.82) is 0 Å². The van der Waals surface area contributed by atoms with Gasteiger partial charge in [0, 0.05) is 11.6 Å².